The van der Waals surface area contributed by atoms with Gasteiger partial charge in [0, 0.05) is 0 Å². The molecule has 112 valence electrons. The number of hydrogen-bond donors (Lipinski definition) is 0. The molecule has 0 amide bonds. The molecule has 0 fully saturated rings. The predicted molar refractivity (Wildman–Crippen MR) is 66.5 cm³/mol. The summed E-state index contributed by atoms with van der Waals surface area (Å²) in [5, 5.41) is 0. The van der Waals surface area contributed by atoms with Crippen molar-refractivity contribution in [1.82, 2.24) is 0 Å². The molecule has 0 spiro atoms. The highest BCUT2D eigenvalue weighted by Crippen LogP contribution is 2.25. The van der Waals surface area contributed by atoms with E-state index < -0.39 is 41.3 Å². The van der Waals surface area contributed by atoms with Crippen LogP contribution in [-0.4, -0.2) is 0 Å². The Kier molecular flexibility index (Phi) is 4.16. The zero-order valence-corrected chi connectivity index (χ0v) is 11.2. The molecule has 0 aliphatic carbocycles. The fourth-order valence-electron chi connectivity index (χ4n) is 1.89. The lowest BCUT2D eigenvalue weighted by Gasteiger charge is -2.12. The minimum Gasteiger partial charge on any atom is -0.488 e. The maximum absolute atomic E-state index is 13.5. The third-order valence-corrected chi connectivity index (χ3v) is 3.00. The quantitative estimate of drug-likeness (QED) is 0.458. The second-order valence-corrected chi connectivity index (χ2v) is 4.61. The van der Waals surface area contributed by atoms with Gasteiger partial charge in [0.1, 0.15) is 12.4 Å². The molecule has 0 saturated heterocycles. The van der Waals surface area contributed by atoms with Crippen molar-refractivity contribution in [2.24, 2.45) is 0 Å². The number of halogens is 5. The summed E-state index contributed by atoms with van der Waals surface area (Å²) in [7, 11) is 0. The highest BCUT2D eigenvalue weighted by molar-refractivity contribution is 5.36. The summed E-state index contributed by atoms with van der Waals surface area (Å²) in [6.45, 7) is 2.80. The van der Waals surface area contributed by atoms with Gasteiger partial charge in [0.2, 0.25) is 5.82 Å². The maximum atomic E-state index is 13.5. The van der Waals surface area contributed by atoms with Crippen molar-refractivity contribution >= 4 is 0 Å². The van der Waals surface area contributed by atoms with Gasteiger partial charge in [-0.2, -0.15) is 0 Å². The van der Waals surface area contributed by atoms with Gasteiger partial charge in [0.15, 0.2) is 23.3 Å². The summed E-state index contributed by atoms with van der Waals surface area (Å²) in [5.74, 6) is -9.58. The van der Waals surface area contributed by atoms with Gasteiger partial charge >= 0.3 is 0 Å². The molecule has 0 bridgehead atoms. The fourth-order valence-corrected chi connectivity index (χ4v) is 1.89. The van der Waals surface area contributed by atoms with Crippen molar-refractivity contribution < 1.29 is 26.7 Å². The van der Waals surface area contributed by atoms with Gasteiger partial charge in [-0.05, 0) is 25.5 Å². The first-order valence-corrected chi connectivity index (χ1v) is 6.03. The number of aryl methyl sites for hydroxylation is 2. The van der Waals surface area contributed by atoms with Gasteiger partial charge in [0.25, 0.3) is 0 Å². The summed E-state index contributed by atoms with van der Waals surface area (Å²) in [6.07, 6.45) is 0. The smallest absolute Gasteiger partial charge is 0.200 e. The second-order valence-electron chi connectivity index (χ2n) is 4.61. The number of hydrogen-bond acceptors (Lipinski definition) is 1. The third-order valence-electron chi connectivity index (χ3n) is 3.00. The Bertz CT molecular complexity index is 668. The Labute approximate surface area is 118 Å². The van der Waals surface area contributed by atoms with Crippen LogP contribution in [0, 0.1) is 42.9 Å². The average molecular weight is 302 g/mol. The molecular weight excluding hydrogens is 291 g/mol. The van der Waals surface area contributed by atoms with Crippen LogP contribution in [0.5, 0.6) is 5.75 Å². The molecule has 0 saturated carbocycles. The summed E-state index contributed by atoms with van der Waals surface area (Å²) < 4.78 is 71.1. The minimum atomic E-state index is -2.18. The first kappa shape index (κ1) is 15.3. The molecular formula is C15H11F5O. The lowest BCUT2D eigenvalue weighted by Crippen LogP contribution is -2.10. The van der Waals surface area contributed by atoms with E-state index in [2.05, 4.69) is 0 Å². The summed E-state index contributed by atoms with van der Waals surface area (Å²) in [5.41, 5.74) is 0.654. The van der Waals surface area contributed by atoms with E-state index in [1.54, 1.807) is 25.1 Å². The van der Waals surface area contributed by atoms with Crippen molar-refractivity contribution in [3.05, 3.63) is 64.0 Å². The van der Waals surface area contributed by atoms with Crippen LogP contribution < -0.4 is 4.74 Å². The molecule has 2 aromatic rings. The fraction of sp³-hybridized carbons (Fsp3) is 0.200. The molecule has 6 heteroatoms. The van der Waals surface area contributed by atoms with Crippen LogP contribution in [0.15, 0.2) is 18.2 Å². The predicted octanol–water partition coefficient (Wildman–Crippen LogP) is 4.58. The molecule has 21 heavy (non-hydrogen) atoms. The first-order chi connectivity index (χ1) is 9.82. The highest BCUT2D eigenvalue weighted by Gasteiger charge is 2.25. The highest BCUT2D eigenvalue weighted by atomic mass is 19.2. The van der Waals surface area contributed by atoms with Crippen LogP contribution in [0.1, 0.15) is 16.7 Å². The molecule has 1 nitrogen and oxygen atoms in total. The Hall–Kier alpha value is -2.11. The van der Waals surface area contributed by atoms with Crippen molar-refractivity contribution in [3.8, 4) is 5.75 Å². The Morgan fingerprint density at radius 2 is 1.33 bits per heavy atom. The maximum Gasteiger partial charge on any atom is 0.200 e. The zero-order valence-electron chi connectivity index (χ0n) is 11.2. The molecule has 0 N–H and O–H groups in total. The van der Waals surface area contributed by atoms with E-state index in [0.29, 0.717) is 11.3 Å². The molecule has 0 aromatic heterocycles. The van der Waals surface area contributed by atoms with E-state index in [1.165, 1.54) is 0 Å². The molecule has 0 aliphatic rings. The Morgan fingerprint density at radius 3 is 1.86 bits per heavy atom. The standard InChI is InChI=1S/C15H11F5O/c1-7-3-4-10(8(2)5-7)21-6-9-11(16)13(18)15(20)14(19)12(9)17/h3-5H,6H2,1-2H3. The summed E-state index contributed by atoms with van der Waals surface area (Å²) in [4.78, 5) is 0. The third kappa shape index (κ3) is 2.84. The topological polar surface area (TPSA) is 9.23 Å². The minimum absolute atomic E-state index is 0.310. The Balaban J connectivity index is 2.32. The summed E-state index contributed by atoms with van der Waals surface area (Å²) >= 11 is 0. The van der Waals surface area contributed by atoms with Gasteiger partial charge in [0.05, 0.1) is 5.56 Å². The van der Waals surface area contributed by atoms with Crippen LogP contribution in [0.2, 0.25) is 0 Å². The number of ether oxygens (including phenoxy) is 1. The van der Waals surface area contributed by atoms with Gasteiger partial charge in [-0.1, -0.05) is 17.7 Å². The largest absolute Gasteiger partial charge is 0.488 e. The molecule has 0 heterocycles. The van der Waals surface area contributed by atoms with Crippen LogP contribution >= 0.6 is 0 Å². The van der Waals surface area contributed by atoms with Crippen LogP contribution in [0.4, 0.5) is 22.0 Å². The number of rotatable bonds is 3. The van der Waals surface area contributed by atoms with Gasteiger partial charge in [-0.3, -0.25) is 0 Å². The van der Waals surface area contributed by atoms with E-state index in [4.69, 9.17) is 4.74 Å². The van der Waals surface area contributed by atoms with E-state index >= 15 is 0 Å². The van der Waals surface area contributed by atoms with Gasteiger partial charge in [-0.25, -0.2) is 22.0 Å². The van der Waals surface area contributed by atoms with Gasteiger partial charge in [-0.15, -0.1) is 0 Å². The molecule has 2 aromatic carbocycles. The monoisotopic (exact) mass is 302 g/mol. The van der Waals surface area contributed by atoms with Crippen LogP contribution in [-0.2, 0) is 6.61 Å². The lowest BCUT2D eigenvalue weighted by atomic mass is 10.1. The van der Waals surface area contributed by atoms with E-state index in [9.17, 15) is 22.0 Å². The lowest BCUT2D eigenvalue weighted by molar-refractivity contribution is 0.277. The molecule has 0 unspecified atom stereocenters. The molecule has 0 aliphatic heterocycles. The van der Waals surface area contributed by atoms with Gasteiger partial charge < -0.3 is 4.74 Å². The second kappa shape index (κ2) is 5.71. The molecule has 0 radical (unpaired) electrons. The Morgan fingerprint density at radius 1 is 0.810 bits per heavy atom. The van der Waals surface area contributed by atoms with Crippen molar-refractivity contribution in [3.63, 3.8) is 0 Å². The van der Waals surface area contributed by atoms with Crippen molar-refractivity contribution in [1.29, 1.82) is 0 Å². The van der Waals surface area contributed by atoms with Crippen molar-refractivity contribution in [2.75, 3.05) is 0 Å². The van der Waals surface area contributed by atoms with Crippen LogP contribution in [0.3, 0.4) is 0 Å². The number of benzene rings is 2. The summed E-state index contributed by atoms with van der Waals surface area (Å²) in [6, 6.07) is 5.05. The van der Waals surface area contributed by atoms with Crippen molar-refractivity contribution in [2.45, 2.75) is 20.5 Å². The zero-order chi connectivity index (χ0) is 15.7. The van der Waals surface area contributed by atoms with E-state index in [-0.39, 0.29) is 0 Å². The van der Waals surface area contributed by atoms with E-state index in [0.717, 1.165) is 5.56 Å². The van der Waals surface area contributed by atoms with E-state index in [1.807, 2.05) is 6.92 Å². The van der Waals surface area contributed by atoms with Crippen LogP contribution in [0.25, 0.3) is 0 Å². The average Bonchev–Trinajstić information content (AvgIpc) is 2.45. The first-order valence-electron chi connectivity index (χ1n) is 6.03. The molecule has 0 atom stereocenters. The SMILES string of the molecule is Cc1ccc(OCc2c(F)c(F)c(F)c(F)c2F)c(C)c1. The normalized spacial score (nSPS) is 10.8. The molecule has 2 rings (SSSR count).